The summed E-state index contributed by atoms with van der Waals surface area (Å²) in [6, 6.07) is 10.6. The number of hydrogen-bond donors (Lipinski definition) is 1. The molecular formula is C20H23FN2O5S. The second-order valence-electron chi connectivity index (χ2n) is 6.48. The van der Waals surface area contributed by atoms with Crippen molar-refractivity contribution in [3.63, 3.8) is 0 Å². The largest absolute Gasteiger partial charge is 0.495 e. The second-order valence-corrected chi connectivity index (χ2v) is 8.39. The van der Waals surface area contributed by atoms with E-state index in [0.717, 1.165) is 0 Å². The summed E-state index contributed by atoms with van der Waals surface area (Å²) < 4.78 is 51.4. The van der Waals surface area contributed by atoms with Gasteiger partial charge in [-0.15, -0.1) is 0 Å². The normalized spacial score (nSPS) is 15.1. The first-order valence-electron chi connectivity index (χ1n) is 9.21. The predicted molar refractivity (Wildman–Crippen MR) is 105 cm³/mol. The number of hydrogen-bond acceptors (Lipinski definition) is 5. The van der Waals surface area contributed by atoms with Crippen molar-refractivity contribution < 1.29 is 27.1 Å². The lowest BCUT2D eigenvalue weighted by molar-refractivity contribution is 0.0729. The number of methoxy groups -OCH3 is 1. The molecule has 1 heterocycles. The molecule has 0 atom stereocenters. The lowest BCUT2D eigenvalue weighted by Crippen LogP contribution is -2.40. The standard InChI is InChI=1S/C20H23FN2O5S/c1-27-18-7-6-16(14-19(18)29(25,26)23-10-12-28-13-11-23)20(24)22-9-8-15-4-2-3-5-17(15)21/h2-7,14H,8-13H2,1H3,(H,22,24). The molecule has 7 nitrogen and oxygen atoms in total. The Morgan fingerprint density at radius 2 is 1.93 bits per heavy atom. The maximum atomic E-state index is 13.7. The number of carbonyl (C=O) groups is 1. The number of sulfonamides is 1. The van der Waals surface area contributed by atoms with Crippen molar-refractivity contribution >= 4 is 15.9 Å². The highest BCUT2D eigenvalue weighted by Crippen LogP contribution is 2.28. The van der Waals surface area contributed by atoms with Gasteiger partial charge in [-0.25, -0.2) is 12.8 Å². The number of morpholine rings is 1. The third-order valence-electron chi connectivity index (χ3n) is 4.65. The zero-order valence-electron chi connectivity index (χ0n) is 16.1. The van der Waals surface area contributed by atoms with E-state index >= 15 is 0 Å². The van der Waals surface area contributed by atoms with Crippen LogP contribution in [0.25, 0.3) is 0 Å². The maximum Gasteiger partial charge on any atom is 0.251 e. The lowest BCUT2D eigenvalue weighted by Gasteiger charge is -2.26. The highest BCUT2D eigenvalue weighted by molar-refractivity contribution is 7.89. The molecule has 2 aromatic rings. The van der Waals surface area contributed by atoms with Gasteiger partial charge in [0, 0.05) is 25.2 Å². The van der Waals surface area contributed by atoms with Crippen LogP contribution < -0.4 is 10.1 Å². The molecule has 3 rings (SSSR count). The monoisotopic (exact) mass is 422 g/mol. The molecule has 9 heteroatoms. The molecule has 0 aromatic heterocycles. The second kappa shape index (κ2) is 9.34. The van der Waals surface area contributed by atoms with Crippen molar-refractivity contribution in [2.45, 2.75) is 11.3 Å². The first-order valence-corrected chi connectivity index (χ1v) is 10.6. The molecule has 0 bridgehead atoms. The first kappa shape index (κ1) is 21.2. The fourth-order valence-corrected chi connectivity index (χ4v) is 4.65. The van der Waals surface area contributed by atoms with Crippen LogP contribution in [0, 0.1) is 5.82 Å². The molecule has 156 valence electrons. The van der Waals surface area contributed by atoms with Crippen molar-refractivity contribution in [3.8, 4) is 5.75 Å². The lowest BCUT2D eigenvalue weighted by atomic mass is 10.1. The van der Waals surface area contributed by atoms with Gasteiger partial charge in [0.05, 0.1) is 20.3 Å². The van der Waals surface area contributed by atoms with E-state index in [2.05, 4.69) is 5.32 Å². The number of amides is 1. The molecule has 1 saturated heterocycles. The summed E-state index contributed by atoms with van der Waals surface area (Å²) in [5.74, 6) is -0.605. The average molecular weight is 422 g/mol. The fourth-order valence-electron chi connectivity index (χ4n) is 3.06. The Labute approximate surface area is 169 Å². The number of nitrogens with one attached hydrogen (secondary N) is 1. The number of rotatable bonds is 7. The zero-order chi connectivity index (χ0) is 20.9. The minimum Gasteiger partial charge on any atom is -0.495 e. The van der Waals surface area contributed by atoms with E-state index in [0.29, 0.717) is 25.2 Å². The van der Waals surface area contributed by atoms with E-state index < -0.39 is 15.9 Å². The van der Waals surface area contributed by atoms with E-state index in [1.54, 1.807) is 18.2 Å². The number of carbonyl (C=O) groups excluding carboxylic acids is 1. The Morgan fingerprint density at radius 1 is 1.21 bits per heavy atom. The summed E-state index contributed by atoms with van der Waals surface area (Å²) in [5.41, 5.74) is 0.685. The molecule has 0 unspecified atom stereocenters. The Hall–Kier alpha value is -2.49. The van der Waals surface area contributed by atoms with Crippen molar-refractivity contribution in [3.05, 3.63) is 59.4 Å². The van der Waals surface area contributed by atoms with Crippen LogP contribution in [0.1, 0.15) is 15.9 Å². The molecule has 1 aliphatic heterocycles. The Morgan fingerprint density at radius 3 is 2.62 bits per heavy atom. The summed E-state index contributed by atoms with van der Waals surface area (Å²) in [5, 5.41) is 2.70. The van der Waals surface area contributed by atoms with Gasteiger partial charge in [-0.2, -0.15) is 4.31 Å². The van der Waals surface area contributed by atoms with Crippen LogP contribution in [0.3, 0.4) is 0 Å². The molecule has 1 N–H and O–H groups in total. The van der Waals surface area contributed by atoms with E-state index in [1.807, 2.05) is 0 Å². The van der Waals surface area contributed by atoms with Crippen LogP contribution in [0.2, 0.25) is 0 Å². The van der Waals surface area contributed by atoms with E-state index in [1.165, 1.54) is 35.7 Å². The van der Waals surface area contributed by atoms with Crippen molar-refractivity contribution in [1.29, 1.82) is 0 Å². The Balaban J connectivity index is 1.75. The maximum absolute atomic E-state index is 13.7. The molecule has 29 heavy (non-hydrogen) atoms. The minimum absolute atomic E-state index is 0.0661. The molecule has 0 spiro atoms. The molecule has 0 aliphatic carbocycles. The van der Waals surface area contributed by atoms with Gasteiger partial charge in [0.15, 0.2) is 0 Å². The van der Waals surface area contributed by atoms with Crippen molar-refractivity contribution in [2.24, 2.45) is 0 Å². The summed E-state index contributed by atoms with van der Waals surface area (Å²) >= 11 is 0. The number of nitrogens with zero attached hydrogens (tertiary/aromatic N) is 1. The fraction of sp³-hybridized carbons (Fsp3) is 0.350. The van der Waals surface area contributed by atoms with Gasteiger partial charge in [0.25, 0.3) is 5.91 Å². The molecule has 0 saturated carbocycles. The minimum atomic E-state index is -3.83. The van der Waals surface area contributed by atoms with Crippen LogP contribution >= 0.6 is 0 Å². The summed E-state index contributed by atoms with van der Waals surface area (Å²) in [6.45, 7) is 1.34. The van der Waals surface area contributed by atoms with E-state index in [4.69, 9.17) is 9.47 Å². The van der Waals surface area contributed by atoms with Crippen LogP contribution in [-0.4, -0.2) is 58.6 Å². The molecule has 1 amide bonds. The van der Waals surface area contributed by atoms with Gasteiger partial charge >= 0.3 is 0 Å². The SMILES string of the molecule is COc1ccc(C(=O)NCCc2ccccc2F)cc1S(=O)(=O)N1CCOCC1. The average Bonchev–Trinajstić information content (AvgIpc) is 2.75. The number of halogens is 1. The summed E-state index contributed by atoms with van der Waals surface area (Å²) in [6.07, 6.45) is 0.327. The molecule has 1 fully saturated rings. The van der Waals surface area contributed by atoms with Crippen molar-refractivity contribution in [2.75, 3.05) is 40.0 Å². The quantitative estimate of drug-likeness (QED) is 0.736. The molecule has 2 aromatic carbocycles. The van der Waals surface area contributed by atoms with Crippen molar-refractivity contribution in [1.82, 2.24) is 9.62 Å². The first-order chi connectivity index (χ1) is 13.9. The highest BCUT2D eigenvalue weighted by Gasteiger charge is 2.30. The zero-order valence-corrected chi connectivity index (χ0v) is 16.9. The van der Waals surface area contributed by atoms with Gasteiger partial charge in [-0.1, -0.05) is 18.2 Å². The summed E-state index contributed by atoms with van der Waals surface area (Å²) in [4.78, 5) is 12.4. The van der Waals surface area contributed by atoms with Crippen LogP contribution in [0.5, 0.6) is 5.75 Å². The summed E-state index contributed by atoms with van der Waals surface area (Å²) in [7, 11) is -2.45. The third kappa shape index (κ3) is 4.92. The van der Waals surface area contributed by atoms with E-state index in [9.17, 15) is 17.6 Å². The smallest absolute Gasteiger partial charge is 0.251 e. The Kier molecular flexibility index (Phi) is 6.83. The Bertz CT molecular complexity index is 975. The predicted octanol–water partition coefficient (Wildman–Crippen LogP) is 1.83. The van der Waals surface area contributed by atoms with Crippen LogP contribution in [0.15, 0.2) is 47.4 Å². The van der Waals surface area contributed by atoms with Gasteiger partial charge in [0.1, 0.15) is 16.5 Å². The third-order valence-corrected chi connectivity index (χ3v) is 6.57. The van der Waals surface area contributed by atoms with Gasteiger partial charge < -0.3 is 14.8 Å². The molecule has 1 aliphatic rings. The van der Waals surface area contributed by atoms with Gasteiger partial charge in [-0.3, -0.25) is 4.79 Å². The van der Waals surface area contributed by atoms with Gasteiger partial charge in [0.2, 0.25) is 10.0 Å². The molecule has 0 radical (unpaired) electrons. The van der Waals surface area contributed by atoms with Gasteiger partial charge in [-0.05, 0) is 36.2 Å². The van der Waals surface area contributed by atoms with Crippen LogP contribution in [-0.2, 0) is 21.2 Å². The number of benzene rings is 2. The van der Waals surface area contributed by atoms with E-state index in [-0.39, 0.29) is 41.7 Å². The highest BCUT2D eigenvalue weighted by atomic mass is 32.2. The topological polar surface area (TPSA) is 84.9 Å². The molecular weight excluding hydrogens is 399 g/mol. The van der Waals surface area contributed by atoms with Crippen LogP contribution in [0.4, 0.5) is 4.39 Å². The number of ether oxygens (including phenoxy) is 2.